The molecule has 2 aromatic carbocycles. The molecule has 0 radical (unpaired) electrons. The summed E-state index contributed by atoms with van der Waals surface area (Å²) in [5.41, 5.74) is 1.99. The summed E-state index contributed by atoms with van der Waals surface area (Å²) < 4.78 is 38.5. The first kappa shape index (κ1) is 31.2. The predicted octanol–water partition coefficient (Wildman–Crippen LogP) is 8.02. The van der Waals surface area contributed by atoms with Crippen molar-refractivity contribution in [2.24, 2.45) is 0 Å². The Morgan fingerprint density at radius 2 is 1.96 bits per heavy atom. The number of rotatable bonds is 8. The van der Waals surface area contributed by atoms with Gasteiger partial charge in [-0.05, 0) is 50.9 Å². The highest BCUT2D eigenvalue weighted by molar-refractivity contribution is 6.38. The van der Waals surface area contributed by atoms with Gasteiger partial charge in [-0.3, -0.25) is 9.48 Å². The number of pyridine rings is 1. The van der Waals surface area contributed by atoms with Crippen LogP contribution in [0.3, 0.4) is 0 Å². The lowest BCUT2D eigenvalue weighted by molar-refractivity contribution is -0.129. The van der Waals surface area contributed by atoms with E-state index < -0.39 is 17.6 Å². The van der Waals surface area contributed by atoms with Gasteiger partial charge in [0.15, 0.2) is 11.6 Å². The Bertz CT molecular complexity index is 1850. The zero-order valence-electron chi connectivity index (χ0n) is 24.9. The van der Waals surface area contributed by atoms with Gasteiger partial charge in [0.2, 0.25) is 5.88 Å². The van der Waals surface area contributed by atoms with Crippen LogP contribution < -0.4 is 4.74 Å². The third kappa shape index (κ3) is 5.85. The minimum Gasteiger partial charge on any atom is -0.475 e. The monoisotopic (exact) mass is 651 g/mol. The van der Waals surface area contributed by atoms with Crippen molar-refractivity contribution in [1.29, 1.82) is 0 Å². The van der Waals surface area contributed by atoms with Crippen molar-refractivity contribution in [2.45, 2.75) is 37.8 Å². The van der Waals surface area contributed by atoms with Gasteiger partial charge in [0.25, 0.3) is 5.91 Å². The molecule has 4 aromatic rings. The van der Waals surface area contributed by atoms with E-state index in [2.05, 4.69) is 25.1 Å². The van der Waals surface area contributed by atoms with E-state index in [1.165, 1.54) is 4.90 Å². The average molecular weight is 653 g/mol. The van der Waals surface area contributed by atoms with Gasteiger partial charge in [-0.15, -0.1) is 0 Å². The van der Waals surface area contributed by atoms with Gasteiger partial charge in [-0.1, -0.05) is 72.8 Å². The topological polar surface area (TPSA) is 63.5 Å². The first-order valence-corrected chi connectivity index (χ1v) is 15.7. The molecule has 4 heterocycles. The zero-order valence-corrected chi connectivity index (χ0v) is 26.4. The maximum atomic E-state index is 16.8. The van der Waals surface area contributed by atoms with Crippen molar-refractivity contribution in [3.8, 4) is 17.0 Å². The summed E-state index contributed by atoms with van der Waals surface area (Å²) in [6, 6.07) is 7.12. The standard InChI is InChI=1S/C34H33Cl2F2N5O2/c1-4-5-8-21-9-6-11-24(29(21)36)28-27(35)17-25-31(30(28)38)40-33(45-19-23-10-7-14-41(23)3)26-18-39-43(32(25)26)22-12-15-42(16-13-22)34(44)20(2)37/h4-6,8-9,11,17-18,22-23H,1-2,7,10,12-16,19H2,3H3/b8-5-. The number of halogens is 4. The molecule has 2 aromatic heterocycles. The number of hydrogen-bond acceptors (Lipinski definition) is 5. The Hall–Kier alpha value is -3.79. The SMILES string of the molecule is C=C/C=C\c1cccc(-c2c(Cl)cc3c(nc(OCC4CCCN4C)c4cnn(C5CCN(C(=O)C(=C)F)CC5)c43)c2F)c1Cl. The quantitative estimate of drug-likeness (QED) is 0.143. The molecule has 7 nitrogen and oxygen atoms in total. The molecule has 45 heavy (non-hydrogen) atoms. The molecule has 1 atom stereocenters. The number of carbonyl (C=O) groups is 1. The van der Waals surface area contributed by atoms with Crippen molar-refractivity contribution in [3.05, 3.63) is 83.0 Å². The normalized spacial score (nSPS) is 18.0. The van der Waals surface area contributed by atoms with E-state index in [1.54, 1.807) is 42.6 Å². The molecule has 234 valence electrons. The minimum atomic E-state index is -0.979. The van der Waals surface area contributed by atoms with Crippen molar-refractivity contribution in [3.63, 3.8) is 0 Å². The first-order valence-electron chi connectivity index (χ1n) is 14.9. The Morgan fingerprint density at radius 3 is 2.64 bits per heavy atom. The van der Waals surface area contributed by atoms with Crippen LogP contribution in [0.15, 0.2) is 61.6 Å². The van der Waals surface area contributed by atoms with Crippen LogP contribution in [0.2, 0.25) is 10.0 Å². The fourth-order valence-electron chi connectivity index (χ4n) is 6.37. The Labute approximate surface area is 270 Å². The largest absolute Gasteiger partial charge is 0.475 e. The number of amides is 1. The second kappa shape index (κ2) is 12.9. The van der Waals surface area contributed by atoms with Crippen LogP contribution in [0.4, 0.5) is 8.78 Å². The van der Waals surface area contributed by atoms with Crippen LogP contribution in [0.5, 0.6) is 5.88 Å². The van der Waals surface area contributed by atoms with E-state index in [9.17, 15) is 9.18 Å². The third-order valence-corrected chi connectivity index (χ3v) is 9.53. The molecular weight excluding hydrogens is 619 g/mol. The van der Waals surface area contributed by atoms with Gasteiger partial charge in [-0.2, -0.15) is 5.10 Å². The van der Waals surface area contributed by atoms with Crippen LogP contribution in [0.25, 0.3) is 39.0 Å². The van der Waals surface area contributed by atoms with E-state index >= 15 is 4.39 Å². The van der Waals surface area contributed by atoms with E-state index in [4.69, 9.17) is 38.0 Å². The second-order valence-corrected chi connectivity index (χ2v) is 12.3. The van der Waals surface area contributed by atoms with Crippen molar-refractivity contribution in [1.82, 2.24) is 24.6 Å². The highest BCUT2D eigenvalue weighted by Crippen LogP contribution is 2.43. The Morgan fingerprint density at radius 1 is 1.18 bits per heavy atom. The zero-order chi connectivity index (χ0) is 31.8. The van der Waals surface area contributed by atoms with Crippen LogP contribution >= 0.6 is 23.2 Å². The molecule has 2 aliphatic heterocycles. The van der Waals surface area contributed by atoms with E-state index in [0.29, 0.717) is 65.0 Å². The second-order valence-electron chi connectivity index (χ2n) is 11.5. The number of carbonyl (C=O) groups excluding carboxylic acids is 1. The number of fused-ring (bicyclic) bond motifs is 3. The molecule has 0 spiro atoms. The number of aromatic nitrogens is 3. The maximum absolute atomic E-state index is 16.8. The maximum Gasteiger partial charge on any atom is 0.281 e. The molecule has 6 rings (SSSR count). The number of allylic oxidation sites excluding steroid dienone is 2. The van der Waals surface area contributed by atoms with Crippen LogP contribution in [0, 0.1) is 5.82 Å². The molecule has 1 unspecified atom stereocenters. The molecule has 0 saturated carbocycles. The van der Waals surface area contributed by atoms with Crippen molar-refractivity contribution in [2.75, 3.05) is 33.3 Å². The summed E-state index contributed by atoms with van der Waals surface area (Å²) in [5, 5.41) is 6.35. The van der Waals surface area contributed by atoms with Gasteiger partial charge in [-0.25, -0.2) is 13.8 Å². The van der Waals surface area contributed by atoms with E-state index in [-0.39, 0.29) is 34.1 Å². The summed E-state index contributed by atoms with van der Waals surface area (Å²) >= 11 is 13.6. The first-order chi connectivity index (χ1) is 21.7. The summed E-state index contributed by atoms with van der Waals surface area (Å²) in [4.78, 5) is 20.6. The number of nitrogens with zero attached hydrogens (tertiary/aromatic N) is 5. The van der Waals surface area contributed by atoms with Crippen LogP contribution in [-0.4, -0.2) is 69.8 Å². The van der Waals surface area contributed by atoms with Gasteiger partial charge >= 0.3 is 0 Å². The molecule has 1 amide bonds. The lowest BCUT2D eigenvalue weighted by atomic mass is 9.99. The van der Waals surface area contributed by atoms with Crippen LogP contribution in [0.1, 0.15) is 37.3 Å². The molecule has 2 fully saturated rings. The molecular formula is C34H33Cl2F2N5O2. The number of hydrogen-bond donors (Lipinski definition) is 0. The van der Waals surface area contributed by atoms with E-state index in [1.807, 2.05) is 10.7 Å². The molecule has 0 bridgehead atoms. The minimum absolute atomic E-state index is 0.0860. The van der Waals surface area contributed by atoms with Gasteiger partial charge in [0.1, 0.15) is 12.1 Å². The summed E-state index contributed by atoms with van der Waals surface area (Å²) in [7, 11) is 2.06. The molecule has 11 heteroatoms. The summed E-state index contributed by atoms with van der Waals surface area (Å²) in [6.07, 6.45) is 9.99. The lowest BCUT2D eigenvalue weighted by Crippen LogP contribution is -2.39. The number of ether oxygens (including phenoxy) is 1. The number of piperidine rings is 1. The fraction of sp³-hybridized carbons (Fsp3) is 0.324. The molecule has 2 aliphatic rings. The summed E-state index contributed by atoms with van der Waals surface area (Å²) in [6.45, 7) is 8.90. The van der Waals surface area contributed by atoms with Crippen molar-refractivity contribution >= 4 is 57.0 Å². The number of likely N-dealkylation sites (N-methyl/N-ethyl adjacent to an activating group) is 1. The lowest BCUT2D eigenvalue weighted by Gasteiger charge is -2.32. The van der Waals surface area contributed by atoms with Crippen LogP contribution in [-0.2, 0) is 4.79 Å². The van der Waals surface area contributed by atoms with Crippen molar-refractivity contribution < 1.29 is 18.3 Å². The Balaban J connectivity index is 1.49. The Kier molecular flexibility index (Phi) is 8.95. The van der Waals surface area contributed by atoms with Gasteiger partial charge in [0.05, 0.1) is 33.2 Å². The molecule has 0 N–H and O–H groups in total. The van der Waals surface area contributed by atoms with Gasteiger partial charge < -0.3 is 14.5 Å². The molecule has 2 saturated heterocycles. The van der Waals surface area contributed by atoms with E-state index in [0.717, 1.165) is 19.4 Å². The fourth-order valence-corrected chi connectivity index (χ4v) is 6.95. The number of benzene rings is 2. The predicted molar refractivity (Wildman–Crippen MR) is 176 cm³/mol. The third-order valence-electron chi connectivity index (χ3n) is 8.81. The average Bonchev–Trinajstić information content (AvgIpc) is 3.66. The van der Waals surface area contributed by atoms with Gasteiger partial charge in [0, 0.05) is 35.6 Å². The highest BCUT2D eigenvalue weighted by atomic mass is 35.5. The number of likely N-dealkylation sites (tertiary alicyclic amines) is 2. The molecule has 0 aliphatic carbocycles. The summed E-state index contributed by atoms with van der Waals surface area (Å²) in [5.74, 6) is -2.02. The highest BCUT2D eigenvalue weighted by Gasteiger charge is 2.30. The smallest absolute Gasteiger partial charge is 0.281 e.